The van der Waals surface area contributed by atoms with Crippen molar-refractivity contribution in [2.24, 2.45) is 23.2 Å². The smallest absolute Gasteiger partial charge is 0.283 e. The van der Waals surface area contributed by atoms with Gasteiger partial charge in [-0.3, -0.25) is 9.59 Å². The molecule has 3 saturated carbocycles. The highest BCUT2D eigenvalue weighted by atomic mass is 79.9. The fourth-order valence-corrected chi connectivity index (χ4v) is 6.11. The molecule has 166 valence electrons. The monoisotopic (exact) mass is 485 g/mol. The van der Waals surface area contributed by atoms with E-state index in [9.17, 15) is 9.59 Å². The molecule has 2 bridgehead atoms. The van der Waals surface area contributed by atoms with E-state index in [-0.39, 0.29) is 23.8 Å². The fraction of sp³-hybridized carbons (Fsp3) is 0.560. The molecule has 0 amide bonds. The second kappa shape index (κ2) is 8.53. The molecule has 31 heavy (non-hydrogen) atoms. The van der Waals surface area contributed by atoms with Crippen molar-refractivity contribution in [1.29, 1.82) is 0 Å². The Kier molecular flexibility index (Phi) is 6.12. The van der Waals surface area contributed by atoms with Gasteiger partial charge in [0, 0.05) is 12.5 Å². The van der Waals surface area contributed by atoms with Crippen LogP contribution in [0.25, 0.3) is 0 Å². The number of nitrogens with one attached hydrogen (secondary N) is 1. The number of hydrogen-bond donors (Lipinski definition) is 1. The molecular formula is C25H32BrN3O2. The third kappa shape index (κ3) is 4.23. The molecule has 3 aliphatic carbocycles. The Morgan fingerprint density at radius 1 is 1.29 bits per heavy atom. The number of halogens is 1. The topological polar surface area (TPSA) is 64.0 Å². The van der Waals surface area contributed by atoms with Gasteiger partial charge in [-0.25, -0.2) is 4.68 Å². The highest BCUT2D eigenvalue weighted by Gasteiger charge is 2.56. The van der Waals surface area contributed by atoms with Crippen molar-refractivity contribution >= 4 is 27.4 Å². The molecular weight excluding hydrogens is 454 g/mol. The molecule has 3 fully saturated rings. The van der Waals surface area contributed by atoms with E-state index >= 15 is 0 Å². The van der Waals surface area contributed by atoms with Gasteiger partial charge in [0.25, 0.3) is 5.56 Å². The van der Waals surface area contributed by atoms with E-state index in [1.807, 2.05) is 37.3 Å². The first-order chi connectivity index (χ1) is 14.7. The summed E-state index contributed by atoms with van der Waals surface area (Å²) >= 11 is 3.46. The molecule has 0 saturated heterocycles. The minimum Gasteiger partial charge on any atom is -0.380 e. The van der Waals surface area contributed by atoms with Crippen molar-refractivity contribution in [3.05, 3.63) is 56.9 Å². The summed E-state index contributed by atoms with van der Waals surface area (Å²) < 4.78 is 1.72. The van der Waals surface area contributed by atoms with E-state index in [4.69, 9.17) is 0 Å². The lowest BCUT2D eigenvalue weighted by molar-refractivity contribution is -0.120. The van der Waals surface area contributed by atoms with Crippen LogP contribution in [0.2, 0.25) is 0 Å². The molecule has 1 unspecified atom stereocenters. The van der Waals surface area contributed by atoms with Gasteiger partial charge < -0.3 is 5.32 Å². The van der Waals surface area contributed by atoms with Crippen LogP contribution in [-0.4, -0.2) is 21.6 Å². The van der Waals surface area contributed by atoms with Gasteiger partial charge in [0.1, 0.15) is 11.0 Å². The number of nitrogens with zero attached hydrogens (tertiary/aromatic N) is 2. The second-order valence-corrected chi connectivity index (χ2v) is 10.9. The number of aromatic nitrogens is 2. The van der Waals surface area contributed by atoms with Gasteiger partial charge in [-0.1, -0.05) is 58.0 Å². The van der Waals surface area contributed by atoms with E-state index in [0.29, 0.717) is 28.3 Å². The van der Waals surface area contributed by atoms with Crippen molar-refractivity contribution < 1.29 is 4.79 Å². The van der Waals surface area contributed by atoms with Gasteiger partial charge in [-0.05, 0) is 63.4 Å². The molecule has 1 aromatic carbocycles. The van der Waals surface area contributed by atoms with Gasteiger partial charge in [0.05, 0.1) is 11.9 Å². The standard InChI is InChI=1S/C25H32BrN3O2/c1-15(17-8-6-5-7-9-17)10-19(30)14-29-24(31)23(26)22(13-27-29)28-21-12-18-11-20(16(21)2)25(18,3)4/h5-9,13,15-16,18,20-21,28H,10-12,14H2,1-4H3/t15?,16-,18-,20+,21-/m1/s1. The lowest BCUT2D eigenvalue weighted by Gasteiger charge is -2.62. The summed E-state index contributed by atoms with van der Waals surface area (Å²) in [6, 6.07) is 10.3. The molecule has 1 N–H and O–H groups in total. The number of carbonyl (C=O) groups excluding carboxylic acids is 1. The molecule has 0 aliphatic heterocycles. The van der Waals surface area contributed by atoms with Crippen LogP contribution in [0.15, 0.2) is 45.8 Å². The van der Waals surface area contributed by atoms with E-state index in [1.54, 1.807) is 6.20 Å². The maximum Gasteiger partial charge on any atom is 0.283 e. The van der Waals surface area contributed by atoms with Crippen LogP contribution in [0.4, 0.5) is 5.69 Å². The molecule has 5 nitrogen and oxygen atoms in total. The third-order valence-corrected chi connectivity index (χ3v) is 8.67. The minimum absolute atomic E-state index is 0.00165. The quantitative estimate of drug-likeness (QED) is 0.581. The normalized spacial score (nSPS) is 27.3. The van der Waals surface area contributed by atoms with Crippen molar-refractivity contribution in [3.63, 3.8) is 0 Å². The average Bonchev–Trinajstić information content (AvgIpc) is 2.74. The van der Waals surface area contributed by atoms with Crippen LogP contribution in [0, 0.1) is 23.2 Å². The Hall–Kier alpha value is -1.95. The summed E-state index contributed by atoms with van der Waals surface area (Å²) in [5, 5.41) is 7.86. The van der Waals surface area contributed by atoms with Gasteiger partial charge in [0.2, 0.25) is 0 Å². The summed E-state index contributed by atoms with van der Waals surface area (Å²) in [5.74, 6) is 2.12. The summed E-state index contributed by atoms with van der Waals surface area (Å²) in [6.45, 7) is 9.10. The van der Waals surface area contributed by atoms with Crippen LogP contribution in [0.3, 0.4) is 0 Å². The lowest BCUT2D eigenvalue weighted by Crippen LogP contribution is -2.58. The molecule has 1 heterocycles. The first-order valence-electron chi connectivity index (χ1n) is 11.3. The number of anilines is 1. The zero-order valence-electron chi connectivity index (χ0n) is 18.8. The predicted molar refractivity (Wildman–Crippen MR) is 127 cm³/mol. The Morgan fingerprint density at radius 3 is 2.65 bits per heavy atom. The average molecular weight is 486 g/mol. The van der Waals surface area contributed by atoms with Gasteiger partial charge >= 0.3 is 0 Å². The first kappa shape index (κ1) is 22.3. The molecule has 1 aromatic heterocycles. The van der Waals surface area contributed by atoms with Crippen LogP contribution >= 0.6 is 15.9 Å². The van der Waals surface area contributed by atoms with E-state index in [2.05, 4.69) is 47.1 Å². The molecule has 5 atom stereocenters. The number of benzene rings is 1. The SMILES string of the molecule is CC(CC(=O)Cn1ncc(N[C@@H]2C[C@H]3C[C@@H]([C@H]2C)C3(C)C)c(Br)c1=O)c1ccccc1. The first-order valence-corrected chi connectivity index (χ1v) is 12.1. The van der Waals surface area contributed by atoms with Crippen molar-refractivity contribution in [2.45, 2.75) is 65.5 Å². The van der Waals surface area contributed by atoms with Gasteiger partial charge in [0.15, 0.2) is 5.78 Å². The van der Waals surface area contributed by atoms with Crippen LogP contribution in [0.1, 0.15) is 58.4 Å². The number of carbonyl (C=O) groups is 1. The zero-order valence-corrected chi connectivity index (χ0v) is 20.4. The van der Waals surface area contributed by atoms with Crippen molar-refractivity contribution in [3.8, 4) is 0 Å². The summed E-state index contributed by atoms with van der Waals surface area (Å²) in [4.78, 5) is 25.4. The largest absolute Gasteiger partial charge is 0.380 e. The van der Waals surface area contributed by atoms with E-state index in [1.165, 1.54) is 11.1 Å². The number of ketones is 1. The Morgan fingerprint density at radius 2 is 2.00 bits per heavy atom. The zero-order chi connectivity index (χ0) is 22.3. The Bertz CT molecular complexity index is 1020. The van der Waals surface area contributed by atoms with Crippen LogP contribution in [0.5, 0.6) is 0 Å². The number of Topliss-reactive ketones (excluding diaryl/α,β-unsaturated/α-hetero) is 1. The third-order valence-electron chi connectivity index (χ3n) is 7.91. The maximum absolute atomic E-state index is 12.8. The molecule has 6 heteroatoms. The number of fused-ring (bicyclic) bond motifs is 2. The highest BCUT2D eigenvalue weighted by Crippen LogP contribution is 2.61. The fourth-order valence-electron chi connectivity index (χ4n) is 5.69. The number of hydrogen-bond acceptors (Lipinski definition) is 4. The Labute approximate surface area is 192 Å². The minimum atomic E-state index is -0.264. The summed E-state index contributed by atoms with van der Waals surface area (Å²) in [6.07, 6.45) is 4.50. The summed E-state index contributed by atoms with van der Waals surface area (Å²) in [5.41, 5.74) is 2.01. The van der Waals surface area contributed by atoms with Gasteiger partial charge in [-0.15, -0.1) is 0 Å². The Balaban J connectivity index is 1.41. The van der Waals surface area contributed by atoms with Crippen molar-refractivity contribution in [1.82, 2.24) is 9.78 Å². The lowest BCUT2D eigenvalue weighted by atomic mass is 9.45. The van der Waals surface area contributed by atoms with Crippen LogP contribution in [-0.2, 0) is 11.3 Å². The van der Waals surface area contributed by atoms with Gasteiger partial charge in [-0.2, -0.15) is 5.10 Å². The predicted octanol–water partition coefficient (Wildman–Crippen LogP) is 5.25. The second-order valence-electron chi connectivity index (χ2n) is 10.1. The van der Waals surface area contributed by atoms with Crippen molar-refractivity contribution in [2.75, 3.05) is 5.32 Å². The summed E-state index contributed by atoms with van der Waals surface area (Å²) in [7, 11) is 0. The molecule has 5 rings (SSSR count). The van der Waals surface area contributed by atoms with Crippen LogP contribution < -0.4 is 10.9 Å². The highest BCUT2D eigenvalue weighted by molar-refractivity contribution is 9.10. The molecule has 0 spiro atoms. The van der Waals surface area contributed by atoms with E-state index < -0.39 is 0 Å². The number of rotatable bonds is 7. The molecule has 0 radical (unpaired) electrons. The molecule has 2 aromatic rings. The molecule has 3 aliphatic rings. The van der Waals surface area contributed by atoms with E-state index in [0.717, 1.165) is 29.5 Å². The maximum atomic E-state index is 12.8.